The molecule has 0 aromatic carbocycles. The lowest BCUT2D eigenvalue weighted by molar-refractivity contribution is 0.401. The third-order valence-corrected chi connectivity index (χ3v) is 2.68. The van der Waals surface area contributed by atoms with E-state index in [1.165, 1.54) is 0 Å². The van der Waals surface area contributed by atoms with Crippen molar-refractivity contribution in [2.24, 2.45) is 0 Å². The Morgan fingerprint density at radius 3 is 2.64 bits per heavy atom. The summed E-state index contributed by atoms with van der Waals surface area (Å²) in [5.41, 5.74) is 0. The fourth-order valence-corrected chi connectivity index (χ4v) is 1.80. The molecule has 0 saturated heterocycles. The Morgan fingerprint density at radius 2 is 2.14 bits per heavy atom. The molecule has 0 aliphatic carbocycles. The molecule has 74 valence electrons. The highest BCUT2D eigenvalue weighted by molar-refractivity contribution is 9.10. The second kappa shape index (κ2) is 4.02. The summed E-state index contributed by atoms with van der Waals surface area (Å²) in [6, 6.07) is 5.59. The first-order chi connectivity index (χ1) is 6.83. The normalized spacial score (nSPS) is 13.0. The van der Waals surface area contributed by atoms with Crippen LogP contribution in [0.25, 0.3) is 0 Å². The number of hydrogen-bond donors (Lipinski definition) is 1. The van der Waals surface area contributed by atoms with Crippen molar-refractivity contribution in [1.82, 2.24) is 5.32 Å². The van der Waals surface area contributed by atoms with Crippen molar-refractivity contribution in [3.63, 3.8) is 0 Å². The smallest absolute Gasteiger partial charge is 0.142 e. The molecule has 0 spiro atoms. The summed E-state index contributed by atoms with van der Waals surface area (Å²) in [5, 5.41) is 3.13. The molecule has 0 aliphatic heterocycles. The van der Waals surface area contributed by atoms with E-state index in [1.807, 2.05) is 25.2 Å². The highest BCUT2D eigenvalue weighted by Crippen LogP contribution is 2.29. The van der Waals surface area contributed by atoms with Crippen LogP contribution in [-0.2, 0) is 0 Å². The lowest BCUT2D eigenvalue weighted by Crippen LogP contribution is -2.16. The molecule has 0 bridgehead atoms. The van der Waals surface area contributed by atoms with Gasteiger partial charge < -0.3 is 14.2 Å². The first kappa shape index (κ1) is 9.55. The number of furan rings is 2. The van der Waals surface area contributed by atoms with Gasteiger partial charge in [0.1, 0.15) is 17.6 Å². The van der Waals surface area contributed by atoms with E-state index in [0.717, 1.165) is 16.0 Å². The number of rotatable bonds is 3. The maximum absolute atomic E-state index is 5.37. The van der Waals surface area contributed by atoms with E-state index in [9.17, 15) is 0 Å². The fourth-order valence-electron chi connectivity index (χ4n) is 1.37. The number of hydrogen-bond acceptors (Lipinski definition) is 3. The van der Waals surface area contributed by atoms with Crippen molar-refractivity contribution in [3.8, 4) is 0 Å². The van der Waals surface area contributed by atoms with Gasteiger partial charge in [-0.15, -0.1) is 0 Å². The Kier molecular flexibility index (Phi) is 2.74. The number of halogens is 1. The van der Waals surface area contributed by atoms with Crippen LogP contribution < -0.4 is 5.32 Å². The molecule has 0 fully saturated rings. The fraction of sp³-hybridized carbons (Fsp3) is 0.200. The first-order valence-corrected chi connectivity index (χ1v) is 5.06. The molecule has 14 heavy (non-hydrogen) atoms. The highest BCUT2D eigenvalue weighted by atomic mass is 79.9. The molecular weight excluding hydrogens is 246 g/mol. The van der Waals surface area contributed by atoms with E-state index < -0.39 is 0 Å². The van der Waals surface area contributed by atoms with Gasteiger partial charge in [-0.05, 0) is 41.2 Å². The van der Waals surface area contributed by atoms with Crippen LogP contribution >= 0.6 is 15.9 Å². The van der Waals surface area contributed by atoms with Gasteiger partial charge in [-0.3, -0.25) is 0 Å². The average molecular weight is 256 g/mol. The second-order valence-corrected chi connectivity index (χ2v) is 3.72. The predicted octanol–water partition coefficient (Wildman–Crippen LogP) is 2.94. The molecule has 4 heteroatoms. The maximum Gasteiger partial charge on any atom is 0.142 e. The minimum Gasteiger partial charge on any atom is -0.467 e. The molecule has 1 N–H and O–H groups in total. The Bertz CT molecular complexity index is 394. The zero-order chi connectivity index (χ0) is 9.97. The lowest BCUT2D eigenvalue weighted by atomic mass is 10.2. The van der Waals surface area contributed by atoms with E-state index in [4.69, 9.17) is 8.83 Å². The lowest BCUT2D eigenvalue weighted by Gasteiger charge is -2.10. The molecule has 2 aromatic rings. The van der Waals surface area contributed by atoms with Gasteiger partial charge >= 0.3 is 0 Å². The summed E-state index contributed by atoms with van der Waals surface area (Å²) < 4.78 is 11.6. The largest absolute Gasteiger partial charge is 0.467 e. The standard InChI is InChI=1S/C10H10BrNO2/c1-12-9(8-3-2-5-13-8)10-7(11)4-6-14-10/h2-6,9,12H,1H3. The SMILES string of the molecule is CNC(c1ccco1)c1occc1Br. The minimum atomic E-state index is -0.0469. The zero-order valence-corrected chi connectivity index (χ0v) is 9.24. The second-order valence-electron chi connectivity index (χ2n) is 2.87. The first-order valence-electron chi connectivity index (χ1n) is 4.26. The quantitative estimate of drug-likeness (QED) is 0.917. The van der Waals surface area contributed by atoms with Crippen molar-refractivity contribution in [1.29, 1.82) is 0 Å². The monoisotopic (exact) mass is 255 g/mol. The topological polar surface area (TPSA) is 38.3 Å². The van der Waals surface area contributed by atoms with E-state index in [2.05, 4.69) is 21.2 Å². The molecule has 2 aromatic heterocycles. The summed E-state index contributed by atoms with van der Waals surface area (Å²) >= 11 is 3.42. The third-order valence-electron chi connectivity index (χ3n) is 2.02. The van der Waals surface area contributed by atoms with Crippen LogP contribution in [0.15, 0.2) is 44.0 Å². The molecule has 2 rings (SSSR count). The molecular formula is C10H10BrNO2. The van der Waals surface area contributed by atoms with Crippen LogP contribution in [0.3, 0.4) is 0 Å². The van der Waals surface area contributed by atoms with E-state index in [0.29, 0.717) is 0 Å². The van der Waals surface area contributed by atoms with Crippen LogP contribution in [0.2, 0.25) is 0 Å². The Balaban J connectivity index is 2.36. The molecule has 2 heterocycles. The van der Waals surface area contributed by atoms with Crippen molar-refractivity contribution >= 4 is 15.9 Å². The van der Waals surface area contributed by atoms with Gasteiger partial charge in [-0.1, -0.05) is 0 Å². The third kappa shape index (κ3) is 1.63. The van der Waals surface area contributed by atoms with Crippen molar-refractivity contribution in [3.05, 3.63) is 46.7 Å². The molecule has 1 atom stereocenters. The zero-order valence-electron chi connectivity index (χ0n) is 7.66. The molecule has 0 amide bonds. The summed E-state index contributed by atoms with van der Waals surface area (Å²) in [6.45, 7) is 0. The van der Waals surface area contributed by atoms with Crippen LogP contribution in [0, 0.1) is 0 Å². The van der Waals surface area contributed by atoms with Crippen molar-refractivity contribution in [2.45, 2.75) is 6.04 Å². The Hall–Kier alpha value is -1.00. The summed E-state index contributed by atoms with van der Waals surface area (Å²) in [4.78, 5) is 0. The predicted molar refractivity (Wildman–Crippen MR) is 56.0 cm³/mol. The minimum absolute atomic E-state index is 0.0469. The van der Waals surface area contributed by atoms with Crippen LogP contribution in [0.4, 0.5) is 0 Å². The van der Waals surface area contributed by atoms with Gasteiger partial charge in [0.05, 0.1) is 17.0 Å². The van der Waals surface area contributed by atoms with Crippen molar-refractivity contribution in [2.75, 3.05) is 7.05 Å². The Labute approximate surface area is 90.2 Å². The van der Waals surface area contributed by atoms with Gasteiger partial charge in [0.15, 0.2) is 0 Å². The van der Waals surface area contributed by atoms with Crippen LogP contribution in [0.1, 0.15) is 17.6 Å². The van der Waals surface area contributed by atoms with Gasteiger partial charge in [0, 0.05) is 0 Å². The molecule has 1 unspecified atom stereocenters. The summed E-state index contributed by atoms with van der Waals surface area (Å²) in [6.07, 6.45) is 3.29. The van der Waals surface area contributed by atoms with Gasteiger partial charge in [-0.25, -0.2) is 0 Å². The molecule has 0 saturated carbocycles. The highest BCUT2D eigenvalue weighted by Gasteiger charge is 2.20. The average Bonchev–Trinajstić information content (AvgIpc) is 2.80. The van der Waals surface area contributed by atoms with Gasteiger partial charge in [0.2, 0.25) is 0 Å². The van der Waals surface area contributed by atoms with Crippen molar-refractivity contribution < 1.29 is 8.83 Å². The van der Waals surface area contributed by atoms with Gasteiger partial charge in [-0.2, -0.15) is 0 Å². The van der Waals surface area contributed by atoms with E-state index in [1.54, 1.807) is 12.5 Å². The summed E-state index contributed by atoms with van der Waals surface area (Å²) in [7, 11) is 1.86. The molecule has 0 aliphatic rings. The van der Waals surface area contributed by atoms with E-state index in [-0.39, 0.29) is 6.04 Å². The summed E-state index contributed by atoms with van der Waals surface area (Å²) in [5.74, 6) is 1.66. The number of nitrogens with one attached hydrogen (secondary N) is 1. The van der Waals surface area contributed by atoms with Gasteiger partial charge in [0.25, 0.3) is 0 Å². The Morgan fingerprint density at radius 1 is 1.29 bits per heavy atom. The molecule has 3 nitrogen and oxygen atoms in total. The maximum atomic E-state index is 5.37. The van der Waals surface area contributed by atoms with Crippen LogP contribution in [-0.4, -0.2) is 7.05 Å². The molecule has 0 radical (unpaired) electrons. The van der Waals surface area contributed by atoms with E-state index >= 15 is 0 Å². The van der Waals surface area contributed by atoms with Crippen LogP contribution in [0.5, 0.6) is 0 Å².